The number of nitrogens with one attached hydrogen (secondary N) is 2. The highest BCUT2D eigenvalue weighted by molar-refractivity contribution is 7.80. The molecule has 1 heterocycles. The molecule has 2 N–H and O–H groups in total. The van der Waals surface area contributed by atoms with Crippen LogP contribution in [-0.4, -0.2) is 11.2 Å². The van der Waals surface area contributed by atoms with Crippen LogP contribution in [0.3, 0.4) is 0 Å². The molecule has 0 unspecified atom stereocenters. The molecule has 1 aliphatic carbocycles. The van der Waals surface area contributed by atoms with Gasteiger partial charge in [-0.2, -0.15) is 11.3 Å². The Kier molecular flexibility index (Phi) is 3.97. The number of hydrogen-bond acceptors (Lipinski definition) is 2. The molecule has 0 saturated heterocycles. The van der Waals surface area contributed by atoms with Crippen LogP contribution in [0.4, 0.5) is 5.69 Å². The van der Waals surface area contributed by atoms with Crippen molar-refractivity contribution in [1.29, 1.82) is 0 Å². The van der Waals surface area contributed by atoms with E-state index in [1.807, 2.05) is 11.4 Å². The normalized spacial score (nSPS) is 17.3. The lowest BCUT2D eigenvalue weighted by molar-refractivity contribution is 0.415. The highest BCUT2D eigenvalue weighted by Crippen LogP contribution is 2.18. The van der Waals surface area contributed by atoms with E-state index >= 15 is 0 Å². The summed E-state index contributed by atoms with van der Waals surface area (Å²) < 4.78 is 0. The third-order valence-corrected chi connectivity index (χ3v) is 3.62. The van der Waals surface area contributed by atoms with E-state index in [1.54, 1.807) is 11.3 Å². The van der Waals surface area contributed by atoms with Gasteiger partial charge in [0, 0.05) is 11.4 Å². The smallest absolute Gasteiger partial charge is 0.171 e. The van der Waals surface area contributed by atoms with Crippen molar-refractivity contribution in [2.45, 2.75) is 38.1 Å². The van der Waals surface area contributed by atoms with Crippen molar-refractivity contribution in [2.75, 3.05) is 5.32 Å². The van der Waals surface area contributed by atoms with Crippen molar-refractivity contribution in [1.82, 2.24) is 5.32 Å². The first kappa shape index (κ1) is 10.9. The highest BCUT2D eigenvalue weighted by Gasteiger charge is 2.13. The second kappa shape index (κ2) is 5.47. The molecule has 0 aromatic carbocycles. The van der Waals surface area contributed by atoms with Crippen LogP contribution < -0.4 is 10.6 Å². The van der Waals surface area contributed by atoms with Gasteiger partial charge in [-0.1, -0.05) is 19.3 Å². The molecule has 1 fully saturated rings. The van der Waals surface area contributed by atoms with Crippen molar-refractivity contribution in [3.63, 3.8) is 0 Å². The fourth-order valence-electron chi connectivity index (χ4n) is 1.94. The average Bonchev–Trinajstić information content (AvgIpc) is 2.71. The number of anilines is 1. The van der Waals surface area contributed by atoms with Crippen LogP contribution in [0, 0.1) is 0 Å². The van der Waals surface area contributed by atoms with Crippen LogP contribution >= 0.6 is 23.6 Å². The summed E-state index contributed by atoms with van der Waals surface area (Å²) in [6.45, 7) is 0. The average molecular weight is 240 g/mol. The standard InChI is InChI=1S/C11H16N2S2/c14-11(13-10-6-7-15-8-10)12-9-4-2-1-3-5-9/h6-9H,1-5H2,(H2,12,13,14). The molecule has 0 amide bonds. The molecule has 2 rings (SSSR count). The van der Waals surface area contributed by atoms with Gasteiger partial charge in [0.2, 0.25) is 0 Å². The van der Waals surface area contributed by atoms with Gasteiger partial charge >= 0.3 is 0 Å². The zero-order valence-corrected chi connectivity index (χ0v) is 10.3. The van der Waals surface area contributed by atoms with Crippen LogP contribution in [0.15, 0.2) is 16.8 Å². The van der Waals surface area contributed by atoms with Crippen molar-refractivity contribution < 1.29 is 0 Å². The Morgan fingerprint density at radius 1 is 1.33 bits per heavy atom. The molecular weight excluding hydrogens is 224 g/mol. The molecule has 1 aromatic heterocycles. The van der Waals surface area contributed by atoms with E-state index in [9.17, 15) is 0 Å². The Morgan fingerprint density at radius 2 is 2.13 bits per heavy atom. The lowest BCUT2D eigenvalue weighted by atomic mass is 9.96. The molecule has 1 aromatic rings. The molecule has 1 aliphatic rings. The molecule has 0 radical (unpaired) electrons. The second-order valence-electron chi connectivity index (χ2n) is 3.95. The Balaban J connectivity index is 1.76. The van der Waals surface area contributed by atoms with Gasteiger partial charge in [0.15, 0.2) is 5.11 Å². The van der Waals surface area contributed by atoms with Crippen LogP contribution in [0.25, 0.3) is 0 Å². The van der Waals surface area contributed by atoms with Gasteiger partial charge in [0.25, 0.3) is 0 Å². The van der Waals surface area contributed by atoms with E-state index in [4.69, 9.17) is 12.2 Å². The summed E-state index contributed by atoms with van der Waals surface area (Å²) in [5.41, 5.74) is 1.09. The van der Waals surface area contributed by atoms with Gasteiger partial charge < -0.3 is 10.6 Å². The van der Waals surface area contributed by atoms with Gasteiger partial charge in [-0.25, -0.2) is 0 Å². The summed E-state index contributed by atoms with van der Waals surface area (Å²) in [7, 11) is 0. The van der Waals surface area contributed by atoms with Crippen molar-refractivity contribution in [3.05, 3.63) is 16.8 Å². The zero-order valence-electron chi connectivity index (χ0n) is 8.66. The summed E-state index contributed by atoms with van der Waals surface area (Å²) in [6.07, 6.45) is 6.55. The summed E-state index contributed by atoms with van der Waals surface area (Å²) in [5, 5.41) is 11.5. The first-order valence-electron chi connectivity index (χ1n) is 5.44. The molecule has 82 valence electrons. The molecule has 15 heavy (non-hydrogen) atoms. The van der Waals surface area contributed by atoms with E-state index < -0.39 is 0 Å². The molecule has 0 atom stereocenters. The van der Waals surface area contributed by atoms with Crippen molar-refractivity contribution in [3.8, 4) is 0 Å². The highest BCUT2D eigenvalue weighted by atomic mass is 32.1. The zero-order chi connectivity index (χ0) is 10.5. The Morgan fingerprint density at radius 3 is 2.80 bits per heavy atom. The quantitative estimate of drug-likeness (QED) is 0.775. The van der Waals surface area contributed by atoms with Crippen LogP contribution in [0.1, 0.15) is 32.1 Å². The van der Waals surface area contributed by atoms with E-state index in [0.29, 0.717) is 6.04 Å². The molecule has 2 nitrogen and oxygen atoms in total. The predicted molar refractivity (Wildman–Crippen MR) is 70.5 cm³/mol. The first-order valence-corrected chi connectivity index (χ1v) is 6.79. The summed E-state index contributed by atoms with van der Waals surface area (Å²) >= 11 is 6.94. The topological polar surface area (TPSA) is 24.1 Å². The van der Waals surface area contributed by atoms with Crippen LogP contribution in [0.2, 0.25) is 0 Å². The lowest BCUT2D eigenvalue weighted by Crippen LogP contribution is -2.38. The van der Waals surface area contributed by atoms with E-state index in [-0.39, 0.29) is 0 Å². The van der Waals surface area contributed by atoms with Crippen LogP contribution in [0.5, 0.6) is 0 Å². The maximum atomic E-state index is 5.27. The number of thiocarbonyl (C=S) groups is 1. The van der Waals surface area contributed by atoms with Gasteiger partial charge in [-0.05, 0) is 36.5 Å². The Labute approximate surface area is 100 Å². The van der Waals surface area contributed by atoms with Crippen molar-refractivity contribution in [2.24, 2.45) is 0 Å². The summed E-state index contributed by atoms with van der Waals surface area (Å²) in [4.78, 5) is 0. The Hall–Kier alpha value is -0.610. The maximum Gasteiger partial charge on any atom is 0.171 e. The third kappa shape index (κ3) is 3.47. The van der Waals surface area contributed by atoms with E-state index in [2.05, 4.69) is 16.0 Å². The predicted octanol–water partition coefficient (Wildman–Crippen LogP) is 3.37. The van der Waals surface area contributed by atoms with Gasteiger partial charge in [0.1, 0.15) is 0 Å². The molecule has 0 aliphatic heterocycles. The van der Waals surface area contributed by atoms with Crippen LogP contribution in [-0.2, 0) is 0 Å². The molecule has 1 saturated carbocycles. The number of rotatable bonds is 2. The Bertz CT molecular complexity index is 302. The first-order chi connectivity index (χ1) is 7.34. The molecule has 0 bridgehead atoms. The fraction of sp³-hybridized carbons (Fsp3) is 0.545. The number of thiophene rings is 1. The van der Waals surface area contributed by atoms with Gasteiger partial charge in [0.05, 0.1) is 5.69 Å². The second-order valence-corrected chi connectivity index (χ2v) is 5.13. The SMILES string of the molecule is S=C(Nc1ccsc1)NC1CCCCC1. The third-order valence-electron chi connectivity index (χ3n) is 2.72. The van der Waals surface area contributed by atoms with Gasteiger partial charge in [-0.15, -0.1) is 0 Å². The van der Waals surface area contributed by atoms with E-state index in [1.165, 1.54) is 32.1 Å². The summed E-state index contributed by atoms with van der Waals surface area (Å²) in [5.74, 6) is 0. The lowest BCUT2D eigenvalue weighted by Gasteiger charge is -2.24. The molecular formula is C11H16N2S2. The van der Waals surface area contributed by atoms with Crippen molar-refractivity contribution >= 4 is 34.4 Å². The largest absolute Gasteiger partial charge is 0.360 e. The monoisotopic (exact) mass is 240 g/mol. The van der Waals surface area contributed by atoms with E-state index in [0.717, 1.165) is 10.8 Å². The summed E-state index contributed by atoms with van der Waals surface area (Å²) in [6, 6.07) is 2.62. The number of hydrogen-bond donors (Lipinski definition) is 2. The minimum Gasteiger partial charge on any atom is -0.360 e. The minimum atomic E-state index is 0.581. The van der Waals surface area contributed by atoms with Gasteiger partial charge in [-0.3, -0.25) is 0 Å². The molecule has 4 heteroatoms. The fourth-order valence-corrected chi connectivity index (χ4v) is 2.81. The maximum absolute atomic E-state index is 5.27. The molecule has 0 spiro atoms. The minimum absolute atomic E-state index is 0.581.